The third-order valence-electron chi connectivity index (χ3n) is 5.84. The fourth-order valence-corrected chi connectivity index (χ4v) is 5.16. The third kappa shape index (κ3) is 8.31. The number of carbonyl (C=O) groups is 2. The van der Waals surface area contributed by atoms with Gasteiger partial charge in [-0.15, -0.1) is 0 Å². The van der Waals surface area contributed by atoms with Gasteiger partial charge in [-0.25, -0.2) is 8.42 Å². The van der Waals surface area contributed by atoms with Crippen molar-refractivity contribution in [1.82, 2.24) is 0 Å². The molecule has 2 aromatic carbocycles. The van der Waals surface area contributed by atoms with E-state index in [-0.39, 0.29) is 76.8 Å². The van der Waals surface area contributed by atoms with Gasteiger partial charge in [0.1, 0.15) is 11.5 Å². The van der Waals surface area contributed by atoms with Crippen LogP contribution in [0.3, 0.4) is 0 Å². The molecule has 0 aromatic heterocycles. The molecule has 0 saturated heterocycles. The first kappa shape index (κ1) is 32.1. The number of Topliss-reactive ketones (excluding diaryl/α,β-unsaturated/α-hetero) is 1. The number of aliphatic hydroxyl groups is 1. The maximum absolute atomic E-state index is 12.7. The van der Waals surface area contributed by atoms with Crippen molar-refractivity contribution in [2.24, 2.45) is 5.41 Å². The molecule has 0 saturated carbocycles. The first-order chi connectivity index (χ1) is 16.3. The van der Waals surface area contributed by atoms with Gasteiger partial charge in [0.15, 0.2) is 15.6 Å². The number of hydrogen-bond acceptors (Lipinski definition) is 7. The average Bonchev–Trinajstić information content (AvgIpc) is 2.77. The number of ketones is 1. The summed E-state index contributed by atoms with van der Waals surface area (Å²) in [4.78, 5) is 22.8. The van der Waals surface area contributed by atoms with Crippen LogP contribution in [0.1, 0.15) is 74.5 Å². The number of sulfone groups is 1. The van der Waals surface area contributed by atoms with Crippen molar-refractivity contribution >= 4 is 51.1 Å². The Morgan fingerprint density at radius 2 is 1.69 bits per heavy atom. The van der Waals surface area contributed by atoms with Crippen LogP contribution in [0.25, 0.3) is 0 Å². The monoisotopic (exact) mass is 530 g/mol. The molecular formula is C26H35NaO8S. The predicted octanol–water partition coefficient (Wildman–Crippen LogP) is 3.68. The quantitative estimate of drug-likeness (QED) is 0.203. The molecule has 0 aliphatic carbocycles. The van der Waals surface area contributed by atoms with E-state index < -0.39 is 27.3 Å². The summed E-state index contributed by atoms with van der Waals surface area (Å²) in [7, 11) is -3.61. The minimum atomic E-state index is -3.61. The van der Waals surface area contributed by atoms with Crippen LogP contribution in [-0.4, -0.2) is 77.4 Å². The number of benzene rings is 2. The van der Waals surface area contributed by atoms with Gasteiger partial charge in [-0.3, -0.25) is 9.59 Å². The van der Waals surface area contributed by atoms with Gasteiger partial charge in [-0.05, 0) is 49.6 Å². The van der Waals surface area contributed by atoms with Crippen LogP contribution < -0.4 is 4.74 Å². The number of ether oxygens (including phenoxy) is 1. The van der Waals surface area contributed by atoms with E-state index in [1.54, 1.807) is 19.9 Å². The molecule has 0 aliphatic rings. The maximum atomic E-state index is 12.7. The topological polar surface area (TPSA) is 138 Å². The normalized spacial score (nSPS) is 12.5. The Bertz CT molecular complexity index is 1160. The number of phenols is 1. The van der Waals surface area contributed by atoms with Gasteiger partial charge >= 0.3 is 35.5 Å². The van der Waals surface area contributed by atoms with Crippen molar-refractivity contribution in [2.75, 3.05) is 12.4 Å². The molecule has 0 fully saturated rings. The second-order valence-corrected chi connectivity index (χ2v) is 11.4. The molecule has 1 atom stereocenters. The molecule has 8 nitrogen and oxygen atoms in total. The zero-order valence-corrected chi connectivity index (χ0v) is 21.4. The Labute approximate surface area is 234 Å². The number of phenolic OH excluding ortho intramolecular Hbond substituents is 1. The van der Waals surface area contributed by atoms with Gasteiger partial charge in [0, 0.05) is 11.0 Å². The van der Waals surface area contributed by atoms with Crippen LogP contribution in [-0.2, 0) is 21.1 Å². The zero-order valence-electron chi connectivity index (χ0n) is 20.6. The van der Waals surface area contributed by atoms with Gasteiger partial charge < -0.3 is 20.1 Å². The number of aliphatic carboxylic acids is 1. The number of carbonyl (C=O) groups excluding carboxylic acids is 1. The molecule has 3 N–H and O–H groups in total. The number of aliphatic hydroxyl groups excluding tert-OH is 1. The summed E-state index contributed by atoms with van der Waals surface area (Å²) in [6.45, 7) is 6.69. The average molecular weight is 531 g/mol. The van der Waals surface area contributed by atoms with Crippen LogP contribution in [0.2, 0.25) is 0 Å². The van der Waals surface area contributed by atoms with E-state index in [1.165, 1.54) is 37.3 Å². The Kier molecular flexibility index (Phi) is 12.1. The molecule has 2 rings (SSSR count). The fraction of sp³-hybridized carbons (Fsp3) is 0.462. The molecule has 194 valence electrons. The third-order valence-corrected chi connectivity index (χ3v) is 7.65. The summed E-state index contributed by atoms with van der Waals surface area (Å²) in [5.41, 5.74) is 0.277. The van der Waals surface area contributed by atoms with Crippen LogP contribution in [0.5, 0.6) is 11.5 Å². The van der Waals surface area contributed by atoms with Gasteiger partial charge in [0.25, 0.3) is 0 Å². The predicted molar refractivity (Wildman–Crippen MR) is 139 cm³/mol. The van der Waals surface area contributed by atoms with Crippen molar-refractivity contribution in [3.63, 3.8) is 0 Å². The van der Waals surface area contributed by atoms with E-state index in [2.05, 4.69) is 0 Å². The standard InChI is InChI=1S/C26H34O8S.Na.H/c1-5-7-21-22(13-12-20(17(2)27)24(21)30)34-14-6-15-35(32,33)19-10-8-18(9-11-19)25(31)26(3,4)16-23(28)29;;/h8-13,25,30-31H,5-7,14-16H2,1-4H3,(H,28,29);;. The van der Waals surface area contributed by atoms with E-state index in [0.29, 0.717) is 23.3 Å². The molecular weight excluding hydrogens is 495 g/mol. The Hall–Kier alpha value is -1.91. The molecule has 0 aliphatic heterocycles. The molecule has 36 heavy (non-hydrogen) atoms. The molecule has 0 bridgehead atoms. The summed E-state index contributed by atoms with van der Waals surface area (Å²) in [5, 5.41) is 30.0. The zero-order chi connectivity index (χ0) is 26.4. The number of hydrogen-bond donors (Lipinski definition) is 3. The summed E-state index contributed by atoms with van der Waals surface area (Å²) >= 11 is 0. The molecule has 0 heterocycles. The summed E-state index contributed by atoms with van der Waals surface area (Å²) in [6.07, 6.45) is 0.162. The second-order valence-electron chi connectivity index (χ2n) is 9.30. The summed E-state index contributed by atoms with van der Waals surface area (Å²) in [5.74, 6) is -1.11. The van der Waals surface area contributed by atoms with Crippen LogP contribution in [0, 0.1) is 5.41 Å². The van der Waals surface area contributed by atoms with Crippen molar-refractivity contribution in [3.8, 4) is 11.5 Å². The van der Waals surface area contributed by atoms with E-state index in [0.717, 1.165) is 6.42 Å². The van der Waals surface area contributed by atoms with Crippen LogP contribution >= 0.6 is 0 Å². The van der Waals surface area contributed by atoms with E-state index in [9.17, 15) is 28.2 Å². The minimum absolute atomic E-state index is 0. The number of carboxylic acids is 1. The van der Waals surface area contributed by atoms with Crippen molar-refractivity contribution in [3.05, 3.63) is 53.1 Å². The number of carboxylic acid groups (broad SMARTS) is 1. The van der Waals surface area contributed by atoms with E-state index in [4.69, 9.17) is 9.84 Å². The van der Waals surface area contributed by atoms with Crippen LogP contribution in [0.4, 0.5) is 0 Å². The van der Waals surface area contributed by atoms with Gasteiger partial charge in [-0.2, -0.15) is 0 Å². The Morgan fingerprint density at radius 3 is 2.22 bits per heavy atom. The first-order valence-electron chi connectivity index (χ1n) is 11.5. The molecule has 0 radical (unpaired) electrons. The molecule has 2 aromatic rings. The number of rotatable bonds is 13. The fourth-order valence-electron chi connectivity index (χ4n) is 3.87. The Morgan fingerprint density at radius 1 is 1.08 bits per heavy atom. The van der Waals surface area contributed by atoms with Gasteiger partial charge in [-0.1, -0.05) is 39.3 Å². The van der Waals surface area contributed by atoms with E-state index >= 15 is 0 Å². The van der Waals surface area contributed by atoms with Gasteiger partial charge in [0.05, 0.1) is 35.3 Å². The van der Waals surface area contributed by atoms with Crippen molar-refractivity contribution in [1.29, 1.82) is 0 Å². The van der Waals surface area contributed by atoms with Crippen molar-refractivity contribution in [2.45, 2.75) is 64.4 Å². The van der Waals surface area contributed by atoms with Crippen LogP contribution in [0.15, 0.2) is 41.3 Å². The summed E-state index contributed by atoms with van der Waals surface area (Å²) in [6, 6.07) is 8.91. The second kappa shape index (κ2) is 13.6. The Balaban J connectivity index is 0.00000648. The molecule has 10 heteroatoms. The molecule has 0 amide bonds. The summed E-state index contributed by atoms with van der Waals surface area (Å²) < 4.78 is 31.2. The molecule has 0 spiro atoms. The molecule has 1 unspecified atom stereocenters. The SMILES string of the molecule is CCCc1c(OCCCS(=O)(=O)c2ccc(C(O)C(C)(C)CC(=O)O)cc2)ccc(C(C)=O)c1O.[NaH]. The van der Waals surface area contributed by atoms with Gasteiger partial charge in [0.2, 0.25) is 0 Å². The van der Waals surface area contributed by atoms with E-state index in [1.807, 2.05) is 6.92 Å². The first-order valence-corrected chi connectivity index (χ1v) is 13.2. The van der Waals surface area contributed by atoms with Crippen molar-refractivity contribution < 1.29 is 38.1 Å². The number of aromatic hydroxyl groups is 1.